The molecule has 1 fully saturated rings. The van der Waals surface area contributed by atoms with E-state index in [9.17, 15) is 22.8 Å². The first kappa shape index (κ1) is 20.4. The van der Waals surface area contributed by atoms with Crippen LogP contribution < -0.4 is 11.2 Å². The fourth-order valence-corrected chi connectivity index (χ4v) is 3.76. The summed E-state index contributed by atoms with van der Waals surface area (Å²) in [4.78, 5) is 24.6. The lowest BCUT2D eigenvalue weighted by Crippen LogP contribution is -2.32. The third kappa shape index (κ3) is 3.78. The van der Waals surface area contributed by atoms with Gasteiger partial charge in [-0.05, 0) is 60.6 Å². The standard InChI is InChI=1S/C22H21F3N2O3/c1-11(2)15-8-16-14(7-20(28)30-19(16)6-12(15)3)10-27-21(29)17(22(23,24)25)9-18(26-27)13-4-5-13/h6-9,11,13H,4-5,10H2,1-3H3. The summed E-state index contributed by atoms with van der Waals surface area (Å²) in [6, 6.07) is 5.68. The van der Waals surface area contributed by atoms with Crippen LogP contribution >= 0.6 is 0 Å². The van der Waals surface area contributed by atoms with Gasteiger partial charge < -0.3 is 4.42 Å². The van der Waals surface area contributed by atoms with Gasteiger partial charge in [-0.2, -0.15) is 18.3 Å². The van der Waals surface area contributed by atoms with E-state index < -0.39 is 22.9 Å². The van der Waals surface area contributed by atoms with Gasteiger partial charge in [0.2, 0.25) is 0 Å². The first-order valence-electron chi connectivity index (χ1n) is 9.81. The van der Waals surface area contributed by atoms with Gasteiger partial charge >= 0.3 is 11.8 Å². The van der Waals surface area contributed by atoms with Crippen LogP contribution in [0.2, 0.25) is 0 Å². The van der Waals surface area contributed by atoms with Crippen molar-refractivity contribution in [1.29, 1.82) is 0 Å². The first-order valence-corrected chi connectivity index (χ1v) is 9.81. The van der Waals surface area contributed by atoms with Gasteiger partial charge in [-0.3, -0.25) is 4.79 Å². The second kappa shape index (κ2) is 7.11. The predicted octanol–water partition coefficient (Wildman–Crippen LogP) is 4.73. The third-order valence-electron chi connectivity index (χ3n) is 5.45. The average Bonchev–Trinajstić information content (AvgIpc) is 3.46. The van der Waals surface area contributed by atoms with Gasteiger partial charge in [-0.25, -0.2) is 9.48 Å². The number of rotatable bonds is 4. The number of fused-ring (bicyclic) bond motifs is 1. The Morgan fingerprint density at radius 3 is 2.47 bits per heavy atom. The molecule has 30 heavy (non-hydrogen) atoms. The van der Waals surface area contributed by atoms with Crippen molar-refractivity contribution >= 4 is 11.0 Å². The van der Waals surface area contributed by atoms with Gasteiger partial charge in [0, 0.05) is 17.4 Å². The SMILES string of the molecule is Cc1cc2oc(=O)cc(Cn3nc(C4CC4)cc(C(F)(F)F)c3=O)c2cc1C(C)C. The molecule has 0 amide bonds. The Morgan fingerprint density at radius 2 is 1.87 bits per heavy atom. The van der Waals surface area contributed by atoms with Crippen LogP contribution in [-0.2, 0) is 12.7 Å². The lowest BCUT2D eigenvalue weighted by Gasteiger charge is -2.15. The van der Waals surface area contributed by atoms with Crippen molar-refractivity contribution in [1.82, 2.24) is 9.78 Å². The maximum absolute atomic E-state index is 13.4. The minimum atomic E-state index is -4.77. The van der Waals surface area contributed by atoms with Crippen LogP contribution in [-0.4, -0.2) is 9.78 Å². The highest BCUT2D eigenvalue weighted by Crippen LogP contribution is 2.40. The van der Waals surface area contributed by atoms with Crippen molar-refractivity contribution in [2.45, 2.75) is 58.2 Å². The highest BCUT2D eigenvalue weighted by atomic mass is 19.4. The van der Waals surface area contributed by atoms with E-state index in [0.29, 0.717) is 16.5 Å². The summed E-state index contributed by atoms with van der Waals surface area (Å²) in [5.41, 5.74) is -0.108. The van der Waals surface area contributed by atoms with Gasteiger partial charge in [-0.1, -0.05) is 13.8 Å². The highest BCUT2D eigenvalue weighted by Gasteiger charge is 2.37. The van der Waals surface area contributed by atoms with Crippen LogP contribution in [0, 0.1) is 6.92 Å². The normalized spacial score (nSPS) is 14.6. The van der Waals surface area contributed by atoms with Crippen LogP contribution in [0.15, 0.2) is 38.3 Å². The highest BCUT2D eigenvalue weighted by molar-refractivity contribution is 5.82. The number of hydrogen-bond donors (Lipinski definition) is 0. The topological polar surface area (TPSA) is 65.1 Å². The Hall–Kier alpha value is -2.90. The van der Waals surface area contributed by atoms with E-state index in [2.05, 4.69) is 5.10 Å². The van der Waals surface area contributed by atoms with Gasteiger partial charge in [-0.15, -0.1) is 0 Å². The molecule has 158 valence electrons. The van der Waals surface area contributed by atoms with E-state index in [-0.39, 0.29) is 24.1 Å². The molecule has 0 N–H and O–H groups in total. The molecule has 0 unspecified atom stereocenters. The van der Waals surface area contributed by atoms with Crippen LogP contribution in [0.3, 0.4) is 0 Å². The Labute approximate surface area is 170 Å². The quantitative estimate of drug-likeness (QED) is 0.575. The molecule has 3 aromatic rings. The zero-order chi connectivity index (χ0) is 21.8. The summed E-state index contributed by atoms with van der Waals surface area (Å²) in [5, 5.41) is 4.77. The van der Waals surface area contributed by atoms with E-state index in [4.69, 9.17) is 4.42 Å². The van der Waals surface area contributed by atoms with Gasteiger partial charge in [0.15, 0.2) is 0 Å². The maximum atomic E-state index is 13.4. The second-order valence-electron chi connectivity index (χ2n) is 8.17. The number of nitrogens with zero attached hydrogens (tertiary/aromatic N) is 2. The number of hydrogen-bond acceptors (Lipinski definition) is 4. The van der Waals surface area contributed by atoms with Crippen molar-refractivity contribution in [2.75, 3.05) is 0 Å². The molecule has 2 aromatic heterocycles. The molecule has 8 heteroatoms. The summed E-state index contributed by atoms with van der Waals surface area (Å²) in [6.07, 6.45) is -3.28. The van der Waals surface area contributed by atoms with Gasteiger partial charge in [0.25, 0.3) is 5.56 Å². The number of aryl methyl sites for hydroxylation is 1. The summed E-state index contributed by atoms with van der Waals surface area (Å²) in [7, 11) is 0. The molecule has 0 atom stereocenters. The van der Waals surface area contributed by atoms with E-state index >= 15 is 0 Å². The van der Waals surface area contributed by atoms with Crippen molar-refractivity contribution in [3.63, 3.8) is 0 Å². The fourth-order valence-electron chi connectivity index (χ4n) is 3.76. The largest absolute Gasteiger partial charge is 0.423 e. The third-order valence-corrected chi connectivity index (χ3v) is 5.45. The van der Waals surface area contributed by atoms with Crippen LogP contribution in [0.1, 0.15) is 66.5 Å². The summed E-state index contributed by atoms with van der Waals surface area (Å²) < 4.78 is 46.4. The van der Waals surface area contributed by atoms with Crippen LogP contribution in [0.5, 0.6) is 0 Å². The molecule has 0 aliphatic heterocycles. The average molecular weight is 418 g/mol. The molecule has 1 aromatic carbocycles. The van der Waals surface area contributed by atoms with Crippen molar-refractivity contribution in [2.24, 2.45) is 0 Å². The monoisotopic (exact) mass is 418 g/mol. The van der Waals surface area contributed by atoms with E-state index in [1.54, 1.807) is 6.07 Å². The Balaban J connectivity index is 1.90. The van der Waals surface area contributed by atoms with Crippen LogP contribution in [0.25, 0.3) is 11.0 Å². The minimum Gasteiger partial charge on any atom is -0.423 e. The molecule has 1 aliphatic rings. The van der Waals surface area contributed by atoms with Gasteiger partial charge in [0.1, 0.15) is 11.1 Å². The molecule has 0 saturated heterocycles. The summed E-state index contributed by atoms with van der Waals surface area (Å²) >= 11 is 0. The Kier molecular flexibility index (Phi) is 4.83. The fraction of sp³-hybridized carbons (Fsp3) is 0.409. The zero-order valence-electron chi connectivity index (χ0n) is 16.8. The number of benzene rings is 1. The smallest absolute Gasteiger partial charge is 0.421 e. The molecule has 2 heterocycles. The zero-order valence-corrected chi connectivity index (χ0v) is 16.8. The molecule has 0 spiro atoms. The molecule has 0 bridgehead atoms. The first-order chi connectivity index (χ1) is 14.0. The molecule has 4 rings (SSSR count). The summed E-state index contributed by atoms with van der Waals surface area (Å²) in [5.74, 6) is 0.135. The van der Waals surface area contributed by atoms with Crippen molar-refractivity contribution in [3.8, 4) is 0 Å². The van der Waals surface area contributed by atoms with Gasteiger partial charge in [0.05, 0.1) is 12.2 Å². The summed E-state index contributed by atoms with van der Waals surface area (Å²) in [6.45, 7) is 5.70. The molecule has 1 saturated carbocycles. The van der Waals surface area contributed by atoms with E-state index in [1.807, 2.05) is 26.8 Å². The molecular weight excluding hydrogens is 397 g/mol. The lowest BCUT2D eigenvalue weighted by molar-refractivity contribution is -0.139. The number of aromatic nitrogens is 2. The predicted molar refractivity (Wildman–Crippen MR) is 106 cm³/mol. The molecular formula is C22H21F3N2O3. The molecule has 0 radical (unpaired) electrons. The van der Waals surface area contributed by atoms with Crippen molar-refractivity contribution < 1.29 is 17.6 Å². The van der Waals surface area contributed by atoms with Crippen molar-refractivity contribution in [3.05, 3.63) is 73.0 Å². The second-order valence-corrected chi connectivity index (χ2v) is 8.17. The number of halogens is 3. The number of alkyl halides is 3. The van der Waals surface area contributed by atoms with E-state index in [1.165, 1.54) is 6.07 Å². The lowest BCUT2D eigenvalue weighted by atomic mass is 9.95. The van der Waals surface area contributed by atoms with Crippen LogP contribution in [0.4, 0.5) is 13.2 Å². The van der Waals surface area contributed by atoms with E-state index in [0.717, 1.165) is 34.7 Å². The minimum absolute atomic E-state index is 0.0641. The maximum Gasteiger partial charge on any atom is 0.421 e. The molecule has 1 aliphatic carbocycles. The molecule has 5 nitrogen and oxygen atoms in total. The Morgan fingerprint density at radius 1 is 1.17 bits per heavy atom. The Bertz CT molecular complexity index is 1250.